The first-order chi connectivity index (χ1) is 10.1. The van der Waals surface area contributed by atoms with Gasteiger partial charge in [0.15, 0.2) is 0 Å². The number of likely N-dealkylation sites (N-methyl/N-ethyl adjacent to an activating group) is 1. The number of carbonyl (C=O) groups is 1. The molecule has 2 heterocycles. The molecule has 3 N–H and O–H groups in total. The molecule has 1 saturated heterocycles. The fourth-order valence-corrected chi connectivity index (χ4v) is 3.12. The van der Waals surface area contributed by atoms with Crippen LogP contribution in [0.2, 0.25) is 0 Å². The van der Waals surface area contributed by atoms with Crippen LogP contribution >= 0.6 is 0 Å². The molecule has 1 aliphatic heterocycles. The average Bonchev–Trinajstić information content (AvgIpc) is 2.81. The van der Waals surface area contributed by atoms with Gasteiger partial charge in [-0.05, 0) is 39.1 Å². The highest BCUT2D eigenvalue weighted by Gasteiger charge is 2.26. The van der Waals surface area contributed by atoms with Crippen molar-refractivity contribution in [2.45, 2.75) is 19.4 Å². The lowest BCUT2D eigenvalue weighted by Gasteiger charge is -2.27. The quantitative estimate of drug-likeness (QED) is 0.787. The molecule has 1 aliphatic rings. The number of nitrogen functional groups attached to an aromatic ring is 1. The van der Waals surface area contributed by atoms with Gasteiger partial charge in [0.1, 0.15) is 5.69 Å². The van der Waals surface area contributed by atoms with Crippen molar-refractivity contribution >= 4 is 22.5 Å². The number of H-pyrrole nitrogens is 1. The van der Waals surface area contributed by atoms with Crippen LogP contribution in [0.4, 0.5) is 5.69 Å². The van der Waals surface area contributed by atoms with E-state index in [1.165, 1.54) is 0 Å². The third kappa shape index (κ3) is 2.61. The van der Waals surface area contributed by atoms with Gasteiger partial charge >= 0.3 is 0 Å². The zero-order chi connectivity index (χ0) is 15.0. The molecule has 1 atom stereocenters. The van der Waals surface area contributed by atoms with Crippen LogP contribution in [0.1, 0.15) is 23.8 Å². The monoisotopic (exact) mass is 286 g/mol. The standard InChI is InChI=1S/C16H22N4O/c1-11-10-19(2)7-4-8-20(11)16(21)14-9-12-5-3-6-13(17)15(12)18-14/h3,5-6,9,11,18H,4,7-8,10,17H2,1-2H3. The van der Waals surface area contributed by atoms with Gasteiger partial charge in [0.05, 0.1) is 11.2 Å². The first-order valence-corrected chi connectivity index (χ1v) is 7.43. The van der Waals surface area contributed by atoms with Gasteiger partial charge in [-0.25, -0.2) is 0 Å². The third-order valence-corrected chi connectivity index (χ3v) is 4.23. The number of aromatic amines is 1. The Morgan fingerprint density at radius 1 is 1.38 bits per heavy atom. The Bertz CT molecular complexity index is 663. The van der Waals surface area contributed by atoms with E-state index in [2.05, 4.69) is 23.9 Å². The highest BCUT2D eigenvalue weighted by atomic mass is 16.2. The second-order valence-corrected chi connectivity index (χ2v) is 5.96. The molecule has 0 saturated carbocycles. The average molecular weight is 286 g/mol. The number of nitrogens with zero attached hydrogens (tertiary/aromatic N) is 2. The van der Waals surface area contributed by atoms with Crippen LogP contribution in [-0.2, 0) is 0 Å². The Balaban J connectivity index is 1.90. The molecule has 112 valence electrons. The molecule has 2 aromatic rings. The van der Waals surface area contributed by atoms with Crippen molar-refractivity contribution in [2.75, 3.05) is 32.4 Å². The van der Waals surface area contributed by atoms with Crippen LogP contribution in [0.5, 0.6) is 0 Å². The predicted molar refractivity (Wildman–Crippen MR) is 85.3 cm³/mol. The molecule has 5 nitrogen and oxygen atoms in total. The lowest BCUT2D eigenvalue weighted by molar-refractivity contribution is 0.0691. The van der Waals surface area contributed by atoms with Gasteiger partial charge in [0.25, 0.3) is 5.91 Å². The summed E-state index contributed by atoms with van der Waals surface area (Å²) in [6.07, 6.45) is 1.01. The lowest BCUT2D eigenvalue weighted by Crippen LogP contribution is -2.42. The number of carbonyl (C=O) groups excluding carboxylic acids is 1. The minimum atomic E-state index is 0.0633. The van der Waals surface area contributed by atoms with Crippen molar-refractivity contribution in [3.05, 3.63) is 30.0 Å². The maximum Gasteiger partial charge on any atom is 0.270 e. The van der Waals surface area contributed by atoms with E-state index in [9.17, 15) is 4.79 Å². The number of hydrogen-bond donors (Lipinski definition) is 2. The summed E-state index contributed by atoms with van der Waals surface area (Å²) < 4.78 is 0. The Hall–Kier alpha value is -2.01. The topological polar surface area (TPSA) is 65.4 Å². The molecule has 3 rings (SSSR count). The molecule has 1 aromatic heterocycles. The molecule has 1 aromatic carbocycles. The van der Waals surface area contributed by atoms with Gasteiger partial charge in [0.2, 0.25) is 0 Å². The smallest absolute Gasteiger partial charge is 0.270 e. The number of benzene rings is 1. The largest absolute Gasteiger partial charge is 0.397 e. The number of amides is 1. The van der Waals surface area contributed by atoms with E-state index >= 15 is 0 Å². The Morgan fingerprint density at radius 2 is 2.19 bits per heavy atom. The summed E-state index contributed by atoms with van der Waals surface area (Å²) in [4.78, 5) is 20.2. The SMILES string of the molecule is CC1CN(C)CCCN1C(=O)c1cc2cccc(N)c2[nH]1. The van der Waals surface area contributed by atoms with Crippen molar-refractivity contribution in [2.24, 2.45) is 0 Å². The number of rotatable bonds is 1. The molecule has 1 amide bonds. The van der Waals surface area contributed by atoms with Gasteiger partial charge < -0.3 is 20.5 Å². The summed E-state index contributed by atoms with van der Waals surface area (Å²) in [5, 5.41) is 0.984. The van der Waals surface area contributed by atoms with Crippen molar-refractivity contribution < 1.29 is 4.79 Å². The number of aromatic nitrogens is 1. The van der Waals surface area contributed by atoms with Gasteiger partial charge in [-0.3, -0.25) is 4.79 Å². The molecule has 0 spiro atoms. The van der Waals surface area contributed by atoms with Crippen molar-refractivity contribution in [3.63, 3.8) is 0 Å². The van der Waals surface area contributed by atoms with E-state index in [1.807, 2.05) is 29.2 Å². The second kappa shape index (κ2) is 5.41. The molecule has 0 aliphatic carbocycles. The van der Waals surface area contributed by atoms with E-state index in [4.69, 9.17) is 5.73 Å². The summed E-state index contributed by atoms with van der Waals surface area (Å²) in [6, 6.07) is 7.84. The molecule has 1 unspecified atom stereocenters. The van der Waals surface area contributed by atoms with Gasteiger partial charge in [-0.2, -0.15) is 0 Å². The van der Waals surface area contributed by atoms with Crippen LogP contribution < -0.4 is 5.73 Å². The minimum absolute atomic E-state index is 0.0633. The minimum Gasteiger partial charge on any atom is -0.397 e. The van der Waals surface area contributed by atoms with E-state index in [-0.39, 0.29) is 11.9 Å². The molecule has 21 heavy (non-hydrogen) atoms. The summed E-state index contributed by atoms with van der Waals surface area (Å²) >= 11 is 0. The first kappa shape index (κ1) is 13.9. The number of nitrogens with one attached hydrogen (secondary N) is 1. The number of para-hydroxylation sites is 1. The van der Waals surface area contributed by atoms with Crippen LogP contribution in [0, 0.1) is 0 Å². The van der Waals surface area contributed by atoms with E-state index in [0.717, 1.165) is 37.0 Å². The number of hydrogen-bond acceptors (Lipinski definition) is 3. The lowest BCUT2D eigenvalue weighted by atomic mass is 10.2. The van der Waals surface area contributed by atoms with E-state index < -0.39 is 0 Å². The molecule has 5 heteroatoms. The van der Waals surface area contributed by atoms with Crippen molar-refractivity contribution in [3.8, 4) is 0 Å². The van der Waals surface area contributed by atoms with Crippen molar-refractivity contribution in [1.82, 2.24) is 14.8 Å². The fourth-order valence-electron chi connectivity index (χ4n) is 3.12. The van der Waals surface area contributed by atoms with Gasteiger partial charge in [0, 0.05) is 24.5 Å². The number of fused-ring (bicyclic) bond motifs is 1. The van der Waals surface area contributed by atoms with Gasteiger partial charge in [-0.15, -0.1) is 0 Å². The molecule has 0 bridgehead atoms. The molecular weight excluding hydrogens is 264 g/mol. The maximum absolute atomic E-state index is 12.8. The fraction of sp³-hybridized carbons (Fsp3) is 0.438. The number of anilines is 1. The maximum atomic E-state index is 12.8. The van der Waals surface area contributed by atoms with E-state index in [1.54, 1.807) is 0 Å². The highest BCUT2D eigenvalue weighted by molar-refractivity contribution is 6.00. The Labute approximate surface area is 124 Å². The molecule has 0 radical (unpaired) electrons. The second-order valence-electron chi connectivity index (χ2n) is 5.96. The predicted octanol–water partition coefficient (Wildman–Crippen LogP) is 1.92. The summed E-state index contributed by atoms with van der Waals surface area (Å²) in [5.74, 6) is 0.0633. The highest BCUT2D eigenvalue weighted by Crippen LogP contribution is 2.22. The first-order valence-electron chi connectivity index (χ1n) is 7.43. The summed E-state index contributed by atoms with van der Waals surface area (Å²) in [5.41, 5.74) is 8.10. The van der Waals surface area contributed by atoms with Gasteiger partial charge in [-0.1, -0.05) is 12.1 Å². The van der Waals surface area contributed by atoms with Crippen LogP contribution in [0.15, 0.2) is 24.3 Å². The summed E-state index contributed by atoms with van der Waals surface area (Å²) in [7, 11) is 2.11. The molecular formula is C16H22N4O. The number of nitrogens with two attached hydrogens (primary N) is 1. The normalized spacial score (nSPS) is 20.7. The zero-order valence-corrected chi connectivity index (χ0v) is 12.6. The summed E-state index contributed by atoms with van der Waals surface area (Å²) in [6.45, 7) is 4.85. The molecule has 1 fully saturated rings. The van der Waals surface area contributed by atoms with E-state index in [0.29, 0.717) is 11.4 Å². The van der Waals surface area contributed by atoms with Crippen LogP contribution in [-0.4, -0.2) is 53.4 Å². The third-order valence-electron chi connectivity index (χ3n) is 4.23. The van der Waals surface area contributed by atoms with Crippen LogP contribution in [0.3, 0.4) is 0 Å². The Morgan fingerprint density at radius 3 is 2.95 bits per heavy atom. The van der Waals surface area contributed by atoms with Crippen LogP contribution in [0.25, 0.3) is 10.9 Å². The Kier molecular flexibility index (Phi) is 3.59. The zero-order valence-electron chi connectivity index (χ0n) is 12.6. The van der Waals surface area contributed by atoms with Crippen molar-refractivity contribution in [1.29, 1.82) is 0 Å².